The molecule has 0 amide bonds. The van der Waals surface area contributed by atoms with Crippen LogP contribution in [0.15, 0.2) is 30.6 Å². The number of hydrogen-bond donors (Lipinski definition) is 1. The fraction of sp³-hybridized carbons (Fsp3) is 0.0909. The van der Waals surface area contributed by atoms with Crippen LogP contribution in [-0.2, 0) is 0 Å². The van der Waals surface area contributed by atoms with Gasteiger partial charge in [-0.05, 0) is 24.6 Å². The lowest BCUT2D eigenvalue weighted by Gasteiger charge is -2.03. The summed E-state index contributed by atoms with van der Waals surface area (Å²) in [7, 11) is 0. The molecular formula is C11H9Cl2N. The smallest absolute Gasteiger partial charge is 0.0499 e. The monoisotopic (exact) mass is 225 g/mol. The van der Waals surface area contributed by atoms with Crippen LogP contribution in [-0.4, -0.2) is 4.98 Å². The summed E-state index contributed by atoms with van der Waals surface area (Å²) in [6.45, 7) is 2.04. The molecule has 0 aliphatic heterocycles. The molecule has 0 saturated heterocycles. The topological polar surface area (TPSA) is 15.8 Å². The van der Waals surface area contributed by atoms with Crippen LogP contribution in [0.4, 0.5) is 0 Å². The van der Waals surface area contributed by atoms with Crippen molar-refractivity contribution in [3.8, 4) is 11.1 Å². The van der Waals surface area contributed by atoms with Crippen LogP contribution in [0.25, 0.3) is 11.1 Å². The van der Waals surface area contributed by atoms with Crippen LogP contribution in [0.1, 0.15) is 5.56 Å². The minimum atomic E-state index is 0.659. The van der Waals surface area contributed by atoms with Crippen LogP contribution in [0.5, 0.6) is 0 Å². The van der Waals surface area contributed by atoms with Crippen molar-refractivity contribution in [2.24, 2.45) is 0 Å². The van der Waals surface area contributed by atoms with Crippen LogP contribution in [0.3, 0.4) is 0 Å². The molecule has 1 aromatic heterocycles. The molecule has 1 nitrogen and oxygen atoms in total. The summed E-state index contributed by atoms with van der Waals surface area (Å²) in [4.78, 5) is 3.05. The van der Waals surface area contributed by atoms with Crippen molar-refractivity contribution in [2.45, 2.75) is 6.92 Å². The molecule has 1 aromatic carbocycles. The first kappa shape index (κ1) is 9.63. The van der Waals surface area contributed by atoms with Crippen molar-refractivity contribution < 1.29 is 0 Å². The highest BCUT2D eigenvalue weighted by molar-refractivity contribution is 6.36. The molecule has 0 spiro atoms. The highest BCUT2D eigenvalue weighted by atomic mass is 35.5. The van der Waals surface area contributed by atoms with Gasteiger partial charge in [0.05, 0.1) is 0 Å². The Labute approximate surface area is 92.7 Å². The number of halogens is 2. The fourth-order valence-corrected chi connectivity index (χ4v) is 1.95. The second-order valence-electron chi connectivity index (χ2n) is 3.18. The van der Waals surface area contributed by atoms with Gasteiger partial charge in [0.1, 0.15) is 0 Å². The fourth-order valence-electron chi connectivity index (χ4n) is 1.44. The molecule has 2 rings (SSSR count). The van der Waals surface area contributed by atoms with E-state index in [1.807, 2.05) is 31.5 Å². The number of nitrogens with one attached hydrogen (secondary N) is 1. The third-order valence-corrected chi connectivity index (χ3v) is 2.72. The summed E-state index contributed by atoms with van der Waals surface area (Å²) in [5, 5.41) is 1.34. The van der Waals surface area contributed by atoms with Crippen LogP contribution in [0.2, 0.25) is 10.0 Å². The Balaban J connectivity index is 2.58. The molecule has 72 valence electrons. The lowest BCUT2D eigenvalue weighted by Crippen LogP contribution is -1.79. The minimum Gasteiger partial charge on any atom is -0.367 e. The third-order valence-electron chi connectivity index (χ3n) is 2.17. The quantitative estimate of drug-likeness (QED) is 0.746. The van der Waals surface area contributed by atoms with Crippen LogP contribution >= 0.6 is 23.2 Å². The Hall–Kier alpha value is -0.920. The van der Waals surface area contributed by atoms with E-state index in [-0.39, 0.29) is 0 Å². The van der Waals surface area contributed by atoms with Gasteiger partial charge in [-0.2, -0.15) is 0 Å². The number of aromatic amines is 1. The first-order valence-corrected chi connectivity index (χ1v) is 5.03. The Morgan fingerprint density at radius 1 is 1.07 bits per heavy atom. The molecule has 2 aromatic rings. The van der Waals surface area contributed by atoms with Gasteiger partial charge in [0, 0.05) is 33.6 Å². The van der Waals surface area contributed by atoms with Gasteiger partial charge >= 0.3 is 0 Å². The molecule has 0 unspecified atom stereocenters. The summed E-state index contributed by atoms with van der Waals surface area (Å²) in [5.74, 6) is 0. The number of hydrogen-bond acceptors (Lipinski definition) is 0. The first-order valence-electron chi connectivity index (χ1n) is 4.27. The van der Waals surface area contributed by atoms with E-state index in [1.54, 1.807) is 6.07 Å². The Bertz CT molecular complexity index is 460. The van der Waals surface area contributed by atoms with E-state index < -0.39 is 0 Å². The second kappa shape index (κ2) is 3.68. The maximum atomic E-state index is 6.09. The second-order valence-corrected chi connectivity index (χ2v) is 4.02. The maximum Gasteiger partial charge on any atom is 0.0499 e. The summed E-state index contributed by atoms with van der Waals surface area (Å²) < 4.78 is 0. The number of aryl methyl sites for hydroxylation is 1. The molecule has 1 heterocycles. The molecule has 3 heteroatoms. The molecule has 0 atom stereocenters. The van der Waals surface area contributed by atoms with E-state index in [4.69, 9.17) is 23.2 Å². The molecule has 0 fully saturated rings. The average Bonchev–Trinajstić information content (AvgIpc) is 2.52. The van der Waals surface area contributed by atoms with Gasteiger partial charge in [-0.25, -0.2) is 0 Å². The zero-order valence-corrected chi connectivity index (χ0v) is 9.15. The normalized spacial score (nSPS) is 10.5. The predicted molar refractivity (Wildman–Crippen MR) is 61.0 cm³/mol. The Morgan fingerprint density at radius 3 is 2.43 bits per heavy atom. The average molecular weight is 226 g/mol. The molecule has 0 saturated carbocycles. The predicted octanol–water partition coefficient (Wildman–Crippen LogP) is 4.30. The number of benzene rings is 1. The SMILES string of the molecule is Cc1c[nH]cc1-c1ccc(Cl)cc1Cl. The molecule has 0 aliphatic carbocycles. The number of aromatic nitrogens is 1. The Kier molecular flexibility index (Phi) is 2.53. The summed E-state index contributed by atoms with van der Waals surface area (Å²) in [6.07, 6.45) is 3.88. The van der Waals surface area contributed by atoms with E-state index in [0.29, 0.717) is 10.0 Å². The summed E-state index contributed by atoms with van der Waals surface area (Å²) in [6, 6.07) is 5.53. The van der Waals surface area contributed by atoms with E-state index in [1.165, 1.54) is 5.56 Å². The van der Waals surface area contributed by atoms with E-state index in [2.05, 4.69) is 4.98 Å². The highest BCUT2D eigenvalue weighted by Gasteiger charge is 2.06. The molecule has 1 N–H and O–H groups in total. The Morgan fingerprint density at radius 2 is 1.86 bits per heavy atom. The van der Waals surface area contributed by atoms with E-state index >= 15 is 0 Å². The lowest BCUT2D eigenvalue weighted by molar-refractivity contribution is 1.39. The van der Waals surface area contributed by atoms with Gasteiger partial charge in [0.25, 0.3) is 0 Å². The van der Waals surface area contributed by atoms with Gasteiger partial charge in [0.2, 0.25) is 0 Å². The number of rotatable bonds is 1. The van der Waals surface area contributed by atoms with Crippen molar-refractivity contribution in [3.63, 3.8) is 0 Å². The third kappa shape index (κ3) is 1.66. The standard InChI is InChI=1S/C11H9Cl2N/c1-7-5-14-6-10(7)9-3-2-8(12)4-11(9)13/h2-6,14H,1H3. The van der Waals surface area contributed by atoms with Crippen molar-refractivity contribution in [1.29, 1.82) is 0 Å². The van der Waals surface area contributed by atoms with Gasteiger partial charge in [-0.3, -0.25) is 0 Å². The van der Waals surface area contributed by atoms with Crippen LogP contribution in [0, 0.1) is 6.92 Å². The molecule has 0 bridgehead atoms. The molecule has 14 heavy (non-hydrogen) atoms. The van der Waals surface area contributed by atoms with Crippen LogP contribution < -0.4 is 0 Å². The van der Waals surface area contributed by atoms with E-state index in [0.717, 1.165) is 11.1 Å². The zero-order chi connectivity index (χ0) is 10.1. The summed E-state index contributed by atoms with van der Waals surface area (Å²) >= 11 is 11.9. The zero-order valence-electron chi connectivity index (χ0n) is 7.64. The van der Waals surface area contributed by atoms with Gasteiger partial charge in [-0.1, -0.05) is 29.3 Å². The minimum absolute atomic E-state index is 0.659. The first-order chi connectivity index (χ1) is 6.68. The summed E-state index contributed by atoms with van der Waals surface area (Å²) in [5.41, 5.74) is 3.30. The molecular weight excluding hydrogens is 217 g/mol. The highest BCUT2D eigenvalue weighted by Crippen LogP contribution is 2.31. The molecule has 0 radical (unpaired) electrons. The van der Waals surface area contributed by atoms with E-state index in [9.17, 15) is 0 Å². The number of H-pyrrole nitrogens is 1. The lowest BCUT2D eigenvalue weighted by atomic mass is 10.1. The van der Waals surface area contributed by atoms with Crippen molar-refractivity contribution in [3.05, 3.63) is 46.2 Å². The van der Waals surface area contributed by atoms with Crippen molar-refractivity contribution >= 4 is 23.2 Å². The van der Waals surface area contributed by atoms with Gasteiger partial charge in [-0.15, -0.1) is 0 Å². The van der Waals surface area contributed by atoms with Crippen molar-refractivity contribution in [1.82, 2.24) is 4.98 Å². The maximum absolute atomic E-state index is 6.09. The van der Waals surface area contributed by atoms with Crippen molar-refractivity contribution in [2.75, 3.05) is 0 Å². The molecule has 0 aliphatic rings. The van der Waals surface area contributed by atoms with Gasteiger partial charge < -0.3 is 4.98 Å². The largest absolute Gasteiger partial charge is 0.367 e. The van der Waals surface area contributed by atoms with Gasteiger partial charge in [0.15, 0.2) is 0 Å².